The van der Waals surface area contributed by atoms with Crippen LogP contribution in [0.15, 0.2) is 42.5 Å². The molecule has 0 fully saturated rings. The minimum atomic E-state index is -0.273. The van der Waals surface area contributed by atoms with E-state index >= 15 is 0 Å². The number of hydrogen-bond donors (Lipinski definition) is 1. The van der Waals surface area contributed by atoms with Gasteiger partial charge >= 0.3 is 0 Å². The maximum atomic E-state index is 13.5. The Morgan fingerprint density at radius 3 is 2.20 bits per heavy atom. The maximum absolute atomic E-state index is 13.5. The highest BCUT2D eigenvalue weighted by Crippen LogP contribution is 2.31. The van der Waals surface area contributed by atoms with Crippen LogP contribution in [0.3, 0.4) is 0 Å². The van der Waals surface area contributed by atoms with E-state index in [9.17, 15) is 8.78 Å². The fraction of sp³-hybridized carbons (Fsp3) is 0.250. The van der Waals surface area contributed by atoms with E-state index in [4.69, 9.17) is 0 Å². The summed E-state index contributed by atoms with van der Waals surface area (Å²) in [5, 5.41) is 3.11. The quantitative estimate of drug-likeness (QED) is 0.907. The molecule has 0 aliphatic carbocycles. The summed E-state index contributed by atoms with van der Waals surface area (Å²) in [5.74, 6) is -0.538. The van der Waals surface area contributed by atoms with E-state index in [2.05, 4.69) is 5.32 Å². The second-order valence-electron chi connectivity index (χ2n) is 4.75. The third-order valence-electron chi connectivity index (χ3n) is 3.46. The van der Waals surface area contributed by atoms with Gasteiger partial charge in [-0.2, -0.15) is 0 Å². The van der Waals surface area contributed by atoms with Crippen molar-refractivity contribution in [3.63, 3.8) is 0 Å². The predicted octanol–water partition coefficient (Wildman–Crippen LogP) is 4.01. The van der Waals surface area contributed by atoms with E-state index < -0.39 is 0 Å². The highest BCUT2D eigenvalue weighted by atomic mass is 19.1. The molecule has 20 heavy (non-hydrogen) atoms. The van der Waals surface area contributed by atoms with Gasteiger partial charge in [0.05, 0.1) is 0 Å². The van der Waals surface area contributed by atoms with Crippen molar-refractivity contribution in [1.29, 1.82) is 0 Å². The van der Waals surface area contributed by atoms with Gasteiger partial charge in [0, 0.05) is 24.5 Å². The first-order chi connectivity index (χ1) is 9.52. The summed E-state index contributed by atoms with van der Waals surface area (Å²) in [6, 6.07) is 10.9. The maximum Gasteiger partial charge on any atom is 0.123 e. The Morgan fingerprint density at radius 1 is 1.00 bits per heavy atom. The van der Waals surface area contributed by atoms with Gasteiger partial charge in [-0.3, -0.25) is 0 Å². The molecule has 2 rings (SSSR count). The van der Waals surface area contributed by atoms with Gasteiger partial charge in [0.1, 0.15) is 11.6 Å². The Labute approximate surface area is 118 Å². The van der Waals surface area contributed by atoms with Crippen LogP contribution in [0.25, 0.3) is 0 Å². The van der Waals surface area contributed by atoms with Crippen LogP contribution in [0.1, 0.15) is 18.5 Å². The van der Waals surface area contributed by atoms with Gasteiger partial charge in [-0.1, -0.05) is 0 Å². The fourth-order valence-electron chi connectivity index (χ4n) is 2.14. The summed E-state index contributed by atoms with van der Waals surface area (Å²) < 4.78 is 26.5. The zero-order valence-electron chi connectivity index (χ0n) is 11.8. The number of nitrogens with zero attached hydrogens (tertiary/aromatic N) is 1. The number of benzene rings is 2. The lowest BCUT2D eigenvalue weighted by atomic mass is 10.0. The number of rotatable bonds is 4. The average Bonchev–Trinajstić information content (AvgIpc) is 2.46. The van der Waals surface area contributed by atoms with Crippen LogP contribution in [0.4, 0.5) is 20.2 Å². The molecule has 0 aliphatic rings. The molecule has 0 aliphatic heterocycles. The summed E-state index contributed by atoms with van der Waals surface area (Å²) in [4.78, 5) is 1.92. The lowest BCUT2D eigenvalue weighted by molar-refractivity contribution is 0.608. The molecule has 0 bridgehead atoms. The number of nitrogens with one attached hydrogen (secondary N) is 1. The van der Waals surface area contributed by atoms with E-state index in [0.29, 0.717) is 0 Å². The highest BCUT2D eigenvalue weighted by molar-refractivity contribution is 5.66. The standard InChI is InChI=1S/C16H18F2N2/c1-11(19-2)15-10-13(18)6-9-16(15)20(3)14-7-4-12(17)5-8-14/h4-11,19H,1-3H3. The van der Waals surface area contributed by atoms with Crippen molar-refractivity contribution in [2.24, 2.45) is 0 Å². The molecule has 0 aromatic heterocycles. The summed E-state index contributed by atoms with van der Waals surface area (Å²) in [5.41, 5.74) is 2.60. The summed E-state index contributed by atoms with van der Waals surface area (Å²) in [6.07, 6.45) is 0. The Bertz CT molecular complexity index is 582. The molecule has 0 radical (unpaired) electrons. The van der Waals surface area contributed by atoms with E-state index in [1.807, 2.05) is 25.9 Å². The Kier molecular flexibility index (Phi) is 4.35. The molecule has 0 heterocycles. The van der Waals surface area contributed by atoms with Gasteiger partial charge in [-0.25, -0.2) is 8.78 Å². The molecule has 2 nitrogen and oxygen atoms in total. The largest absolute Gasteiger partial charge is 0.344 e. The van der Waals surface area contributed by atoms with Crippen molar-refractivity contribution in [1.82, 2.24) is 5.32 Å². The zero-order chi connectivity index (χ0) is 14.7. The molecule has 0 amide bonds. The van der Waals surface area contributed by atoms with Crippen LogP contribution in [0.2, 0.25) is 0 Å². The van der Waals surface area contributed by atoms with Gasteiger partial charge < -0.3 is 10.2 Å². The van der Waals surface area contributed by atoms with Crippen LogP contribution >= 0.6 is 0 Å². The molecule has 0 saturated heterocycles. The molecular weight excluding hydrogens is 258 g/mol. The fourth-order valence-corrected chi connectivity index (χ4v) is 2.14. The van der Waals surface area contributed by atoms with E-state index in [1.165, 1.54) is 24.3 Å². The van der Waals surface area contributed by atoms with Crippen LogP contribution in [0.5, 0.6) is 0 Å². The number of hydrogen-bond acceptors (Lipinski definition) is 2. The summed E-state index contributed by atoms with van der Waals surface area (Å²) in [7, 11) is 3.71. The Morgan fingerprint density at radius 2 is 1.60 bits per heavy atom. The van der Waals surface area contributed by atoms with Crippen molar-refractivity contribution in [2.75, 3.05) is 19.0 Å². The van der Waals surface area contributed by atoms with Crippen molar-refractivity contribution in [2.45, 2.75) is 13.0 Å². The third kappa shape index (κ3) is 2.96. The monoisotopic (exact) mass is 276 g/mol. The molecular formula is C16H18F2N2. The number of halogens is 2. The molecule has 4 heteroatoms. The van der Waals surface area contributed by atoms with Crippen LogP contribution in [-0.2, 0) is 0 Å². The molecule has 1 atom stereocenters. The molecule has 1 unspecified atom stereocenters. The van der Waals surface area contributed by atoms with E-state index in [1.54, 1.807) is 18.2 Å². The second-order valence-corrected chi connectivity index (χ2v) is 4.75. The van der Waals surface area contributed by atoms with E-state index in [-0.39, 0.29) is 17.7 Å². The van der Waals surface area contributed by atoms with Crippen LogP contribution < -0.4 is 10.2 Å². The first-order valence-electron chi connectivity index (χ1n) is 6.49. The van der Waals surface area contributed by atoms with Crippen molar-refractivity contribution in [3.05, 3.63) is 59.7 Å². The van der Waals surface area contributed by atoms with Crippen LogP contribution in [-0.4, -0.2) is 14.1 Å². The topological polar surface area (TPSA) is 15.3 Å². The second kappa shape index (κ2) is 6.01. The molecule has 2 aromatic carbocycles. The van der Waals surface area contributed by atoms with Gasteiger partial charge in [-0.15, -0.1) is 0 Å². The molecule has 2 aromatic rings. The Hall–Kier alpha value is -1.94. The highest BCUT2D eigenvalue weighted by Gasteiger charge is 2.14. The summed E-state index contributed by atoms with van der Waals surface area (Å²) in [6.45, 7) is 1.97. The van der Waals surface area contributed by atoms with Crippen LogP contribution in [0, 0.1) is 11.6 Å². The average molecular weight is 276 g/mol. The number of anilines is 2. The van der Waals surface area contributed by atoms with Crippen molar-refractivity contribution >= 4 is 11.4 Å². The third-order valence-corrected chi connectivity index (χ3v) is 3.46. The lowest BCUT2D eigenvalue weighted by Crippen LogP contribution is -2.18. The molecule has 0 spiro atoms. The van der Waals surface area contributed by atoms with Gasteiger partial charge in [-0.05, 0) is 62.0 Å². The lowest BCUT2D eigenvalue weighted by Gasteiger charge is -2.25. The van der Waals surface area contributed by atoms with E-state index in [0.717, 1.165) is 16.9 Å². The minimum absolute atomic E-state index is 0.0172. The first-order valence-corrected chi connectivity index (χ1v) is 6.49. The smallest absolute Gasteiger partial charge is 0.123 e. The SMILES string of the molecule is CNC(C)c1cc(F)ccc1N(C)c1ccc(F)cc1. The van der Waals surface area contributed by atoms with Gasteiger partial charge in [0.25, 0.3) is 0 Å². The molecule has 0 saturated carbocycles. The predicted molar refractivity (Wildman–Crippen MR) is 78.3 cm³/mol. The normalized spacial score (nSPS) is 12.2. The zero-order valence-corrected chi connectivity index (χ0v) is 11.8. The molecule has 106 valence electrons. The van der Waals surface area contributed by atoms with Gasteiger partial charge in [0.2, 0.25) is 0 Å². The Balaban J connectivity index is 2.43. The van der Waals surface area contributed by atoms with Crippen molar-refractivity contribution in [3.8, 4) is 0 Å². The van der Waals surface area contributed by atoms with Gasteiger partial charge in [0.15, 0.2) is 0 Å². The van der Waals surface area contributed by atoms with Crippen molar-refractivity contribution < 1.29 is 8.78 Å². The summed E-state index contributed by atoms with van der Waals surface area (Å²) >= 11 is 0. The molecule has 1 N–H and O–H groups in total. The minimum Gasteiger partial charge on any atom is -0.344 e. The first kappa shape index (κ1) is 14.5.